The Labute approximate surface area is 169 Å². The SMILES string of the molecule is Cc1cc(NC=C2C(=O)OC(C)(C)OC2=O)cc(C)c1OCC(=O)N1CCCC1. The number of amides is 1. The number of hydrogen-bond donors (Lipinski definition) is 1. The van der Waals surface area contributed by atoms with Crippen LogP contribution in [0.25, 0.3) is 0 Å². The molecule has 2 heterocycles. The minimum Gasteiger partial charge on any atom is -0.483 e. The molecule has 1 aromatic rings. The molecule has 0 bridgehead atoms. The summed E-state index contributed by atoms with van der Waals surface area (Å²) in [5.74, 6) is -2.12. The predicted octanol–water partition coefficient (Wildman–Crippen LogP) is 2.44. The molecule has 1 aromatic carbocycles. The van der Waals surface area contributed by atoms with Gasteiger partial charge in [-0.15, -0.1) is 0 Å². The van der Waals surface area contributed by atoms with Crippen molar-refractivity contribution < 1.29 is 28.6 Å². The summed E-state index contributed by atoms with van der Waals surface area (Å²) in [5.41, 5.74) is 2.11. The van der Waals surface area contributed by atoms with Gasteiger partial charge in [-0.1, -0.05) is 0 Å². The molecule has 2 aliphatic rings. The first kappa shape index (κ1) is 20.7. The summed E-state index contributed by atoms with van der Waals surface area (Å²) in [6.45, 7) is 8.31. The van der Waals surface area contributed by atoms with Crippen LogP contribution < -0.4 is 10.1 Å². The third kappa shape index (κ3) is 4.88. The van der Waals surface area contributed by atoms with Gasteiger partial charge in [0.15, 0.2) is 12.2 Å². The predicted molar refractivity (Wildman–Crippen MR) is 105 cm³/mol. The Hall–Kier alpha value is -3.03. The molecule has 0 atom stereocenters. The van der Waals surface area contributed by atoms with Gasteiger partial charge >= 0.3 is 11.9 Å². The molecule has 156 valence electrons. The number of carbonyl (C=O) groups is 3. The van der Waals surface area contributed by atoms with Crippen molar-refractivity contribution in [3.05, 3.63) is 35.0 Å². The van der Waals surface area contributed by atoms with Gasteiger partial charge in [-0.3, -0.25) is 4.79 Å². The first-order valence-corrected chi connectivity index (χ1v) is 9.61. The smallest absolute Gasteiger partial charge is 0.350 e. The van der Waals surface area contributed by atoms with Gasteiger partial charge in [-0.25, -0.2) is 9.59 Å². The summed E-state index contributed by atoms with van der Waals surface area (Å²) >= 11 is 0. The summed E-state index contributed by atoms with van der Waals surface area (Å²) in [5, 5.41) is 2.93. The Morgan fingerprint density at radius 1 is 1.14 bits per heavy atom. The van der Waals surface area contributed by atoms with Crippen LogP contribution in [0.3, 0.4) is 0 Å². The second-order valence-corrected chi connectivity index (χ2v) is 7.70. The van der Waals surface area contributed by atoms with E-state index in [0.29, 0.717) is 11.4 Å². The second-order valence-electron chi connectivity index (χ2n) is 7.70. The molecule has 0 aliphatic carbocycles. The molecule has 0 saturated carbocycles. The minimum atomic E-state index is -1.27. The number of benzene rings is 1. The number of likely N-dealkylation sites (tertiary alicyclic amines) is 1. The number of hydrogen-bond acceptors (Lipinski definition) is 7. The van der Waals surface area contributed by atoms with E-state index in [9.17, 15) is 14.4 Å². The fraction of sp³-hybridized carbons (Fsp3) is 0.476. The van der Waals surface area contributed by atoms with Crippen molar-refractivity contribution in [3.63, 3.8) is 0 Å². The molecule has 8 nitrogen and oxygen atoms in total. The molecule has 1 amide bonds. The number of carbonyl (C=O) groups excluding carboxylic acids is 3. The van der Waals surface area contributed by atoms with E-state index in [-0.39, 0.29) is 18.1 Å². The molecule has 0 radical (unpaired) electrons. The third-order valence-electron chi connectivity index (χ3n) is 4.76. The van der Waals surface area contributed by atoms with Gasteiger partial charge in [-0.2, -0.15) is 0 Å². The molecule has 2 fully saturated rings. The molecule has 3 rings (SSSR count). The lowest BCUT2D eigenvalue weighted by Gasteiger charge is -2.29. The molecule has 29 heavy (non-hydrogen) atoms. The quantitative estimate of drug-likeness (QED) is 0.459. The fourth-order valence-electron chi connectivity index (χ4n) is 3.39. The van der Waals surface area contributed by atoms with Crippen molar-refractivity contribution >= 4 is 23.5 Å². The van der Waals surface area contributed by atoms with Crippen molar-refractivity contribution in [2.24, 2.45) is 0 Å². The zero-order valence-corrected chi connectivity index (χ0v) is 17.2. The average Bonchev–Trinajstić information content (AvgIpc) is 3.13. The van der Waals surface area contributed by atoms with Crippen LogP contribution in [0.15, 0.2) is 23.9 Å². The number of nitrogens with zero attached hydrogens (tertiary/aromatic N) is 1. The number of esters is 2. The van der Waals surface area contributed by atoms with Crippen LogP contribution in [0.5, 0.6) is 5.75 Å². The van der Waals surface area contributed by atoms with Gasteiger partial charge < -0.3 is 24.4 Å². The lowest BCUT2D eigenvalue weighted by Crippen LogP contribution is -2.42. The molecular formula is C21H26N2O6. The van der Waals surface area contributed by atoms with Crippen LogP contribution in [0.4, 0.5) is 5.69 Å². The normalized spacial score (nSPS) is 18.2. The van der Waals surface area contributed by atoms with E-state index in [1.165, 1.54) is 20.0 Å². The van der Waals surface area contributed by atoms with Gasteiger partial charge in [0.2, 0.25) is 0 Å². The lowest BCUT2D eigenvalue weighted by molar-refractivity contribution is -0.222. The Kier molecular flexibility index (Phi) is 5.81. The summed E-state index contributed by atoms with van der Waals surface area (Å²) < 4.78 is 15.9. The molecule has 2 saturated heterocycles. The first-order valence-electron chi connectivity index (χ1n) is 9.61. The average molecular weight is 402 g/mol. The standard InChI is InChI=1S/C21H26N2O6/c1-13-9-15(22-11-16-19(25)28-21(3,4)29-20(16)26)10-14(2)18(13)27-12-17(24)23-7-5-6-8-23/h9-11,22H,5-8,12H2,1-4H3. The Morgan fingerprint density at radius 3 is 2.24 bits per heavy atom. The highest BCUT2D eigenvalue weighted by molar-refractivity contribution is 6.15. The number of anilines is 1. The van der Waals surface area contributed by atoms with Gasteiger partial charge in [-0.05, 0) is 49.9 Å². The van der Waals surface area contributed by atoms with Crippen LogP contribution in [0, 0.1) is 13.8 Å². The highest BCUT2D eigenvalue weighted by Crippen LogP contribution is 2.28. The van der Waals surface area contributed by atoms with E-state index < -0.39 is 17.7 Å². The Balaban J connectivity index is 1.66. The Bertz CT molecular complexity index is 823. The van der Waals surface area contributed by atoms with Crippen LogP contribution in [0.1, 0.15) is 37.8 Å². The zero-order valence-electron chi connectivity index (χ0n) is 17.2. The van der Waals surface area contributed by atoms with Crippen molar-refractivity contribution in [1.29, 1.82) is 0 Å². The van der Waals surface area contributed by atoms with Crippen LogP contribution in [0.2, 0.25) is 0 Å². The second kappa shape index (κ2) is 8.14. The monoisotopic (exact) mass is 402 g/mol. The summed E-state index contributed by atoms with van der Waals surface area (Å²) in [4.78, 5) is 38.0. The van der Waals surface area contributed by atoms with Crippen molar-refractivity contribution in [3.8, 4) is 5.75 Å². The number of rotatable bonds is 5. The highest BCUT2D eigenvalue weighted by Gasteiger charge is 2.38. The molecule has 0 unspecified atom stereocenters. The molecule has 2 aliphatic heterocycles. The third-order valence-corrected chi connectivity index (χ3v) is 4.76. The zero-order chi connectivity index (χ0) is 21.2. The minimum absolute atomic E-state index is 0.00593. The largest absolute Gasteiger partial charge is 0.483 e. The molecular weight excluding hydrogens is 376 g/mol. The molecule has 8 heteroatoms. The van der Waals surface area contributed by atoms with Gasteiger partial charge in [0, 0.05) is 38.8 Å². The number of ether oxygens (including phenoxy) is 3. The van der Waals surface area contributed by atoms with Gasteiger partial charge in [0.05, 0.1) is 0 Å². The van der Waals surface area contributed by atoms with Crippen molar-refractivity contribution in [2.75, 3.05) is 25.0 Å². The van der Waals surface area contributed by atoms with Crippen molar-refractivity contribution in [2.45, 2.75) is 46.3 Å². The summed E-state index contributed by atoms with van der Waals surface area (Å²) in [7, 11) is 0. The molecule has 0 spiro atoms. The maximum absolute atomic E-state index is 12.2. The van der Waals surface area contributed by atoms with Crippen LogP contribution in [-0.4, -0.2) is 48.2 Å². The summed E-state index contributed by atoms with van der Waals surface area (Å²) in [6, 6.07) is 3.62. The topological polar surface area (TPSA) is 94.2 Å². The van der Waals surface area contributed by atoms with E-state index in [1.807, 2.05) is 30.9 Å². The van der Waals surface area contributed by atoms with Gasteiger partial charge in [0.25, 0.3) is 11.7 Å². The highest BCUT2D eigenvalue weighted by atomic mass is 16.7. The van der Waals surface area contributed by atoms with E-state index in [1.54, 1.807) is 0 Å². The van der Waals surface area contributed by atoms with Crippen molar-refractivity contribution in [1.82, 2.24) is 4.90 Å². The van der Waals surface area contributed by atoms with Crippen LogP contribution >= 0.6 is 0 Å². The van der Waals surface area contributed by atoms with E-state index in [4.69, 9.17) is 14.2 Å². The van der Waals surface area contributed by atoms with Gasteiger partial charge in [0.1, 0.15) is 5.75 Å². The van der Waals surface area contributed by atoms with Crippen LogP contribution in [-0.2, 0) is 23.9 Å². The fourth-order valence-corrected chi connectivity index (χ4v) is 3.39. The molecule has 1 N–H and O–H groups in total. The maximum Gasteiger partial charge on any atom is 0.350 e. The first-order chi connectivity index (χ1) is 13.7. The molecule has 0 aromatic heterocycles. The number of aryl methyl sites for hydroxylation is 2. The van der Waals surface area contributed by atoms with E-state index in [0.717, 1.165) is 37.1 Å². The van der Waals surface area contributed by atoms with E-state index >= 15 is 0 Å². The lowest BCUT2D eigenvalue weighted by atomic mass is 10.1. The maximum atomic E-state index is 12.2. The Morgan fingerprint density at radius 2 is 1.69 bits per heavy atom. The van der Waals surface area contributed by atoms with E-state index in [2.05, 4.69) is 5.32 Å². The summed E-state index contributed by atoms with van der Waals surface area (Å²) in [6.07, 6.45) is 3.35. The number of nitrogens with one attached hydrogen (secondary N) is 1. The number of cyclic esters (lactones) is 2.